The molecule has 0 aliphatic carbocycles. The van der Waals surface area contributed by atoms with Crippen LogP contribution in [0.2, 0.25) is 0 Å². The van der Waals surface area contributed by atoms with E-state index in [0.29, 0.717) is 40.5 Å². The Morgan fingerprint density at radius 2 is 1.74 bits per heavy atom. The van der Waals surface area contributed by atoms with Gasteiger partial charge in [-0.05, 0) is 42.7 Å². The van der Waals surface area contributed by atoms with Gasteiger partial charge in [-0.25, -0.2) is 4.79 Å². The quantitative estimate of drug-likeness (QED) is 0.687. The van der Waals surface area contributed by atoms with E-state index in [1.54, 1.807) is 26.0 Å². The molecule has 144 valence electrons. The number of rotatable bonds is 9. The first-order valence-corrected chi connectivity index (χ1v) is 9.98. The lowest BCUT2D eigenvalue weighted by Gasteiger charge is -2.13. The first-order chi connectivity index (χ1) is 12.9. The van der Waals surface area contributed by atoms with Crippen LogP contribution in [-0.4, -0.2) is 40.1 Å². The average molecular weight is 389 g/mol. The van der Waals surface area contributed by atoms with Crippen molar-refractivity contribution in [3.8, 4) is 5.75 Å². The van der Waals surface area contributed by atoms with Crippen LogP contribution in [0.4, 0.5) is 0 Å². The fourth-order valence-electron chi connectivity index (χ4n) is 2.66. The molecule has 1 atom stereocenters. The van der Waals surface area contributed by atoms with E-state index in [2.05, 4.69) is 5.32 Å². The lowest BCUT2D eigenvalue weighted by molar-refractivity contribution is -0.139. The number of benzene rings is 2. The molecule has 0 saturated heterocycles. The predicted molar refractivity (Wildman–Crippen MR) is 105 cm³/mol. The molecular weight excluding hydrogens is 366 g/mol. The number of amides is 1. The maximum absolute atomic E-state index is 12.3. The van der Waals surface area contributed by atoms with Gasteiger partial charge in [0.1, 0.15) is 5.75 Å². The highest BCUT2D eigenvalue weighted by atomic mass is 32.2. The third-order valence-electron chi connectivity index (χ3n) is 3.85. The molecule has 0 radical (unpaired) electrons. The van der Waals surface area contributed by atoms with Crippen LogP contribution in [0.25, 0.3) is 0 Å². The van der Waals surface area contributed by atoms with E-state index < -0.39 is 23.4 Å². The minimum Gasteiger partial charge on any atom is -0.481 e. The Bertz CT molecular complexity index is 813. The molecule has 2 N–H and O–H groups in total. The van der Waals surface area contributed by atoms with Crippen LogP contribution in [-0.2, 0) is 21.3 Å². The topological polar surface area (TPSA) is 92.7 Å². The van der Waals surface area contributed by atoms with Crippen molar-refractivity contribution in [2.45, 2.75) is 19.6 Å². The van der Waals surface area contributed by atoms with E-state index >= 15 is 0 Å². The molecule has 0 aromatic heterocycles. The lowest BCUT2D eigenvalue weighted by atomic mass is 10.1. The molecule has 0 heterocycles. The van der Waals surface area contributed by atoms with Gasteiger partial charge in [-0.2, -0.15) is 0 Å². The molecule has 0 fully saturated rings. The number of nitrogens with one attached hydrogen (secondary N) is 1. The summed E-state index contributed by atoms with van der Waals surface area (Å²) in [5.74, 6) is -0.0112. The fraction of sp³-hybridized carbons (Fsp3) is 0.300. The number of hydrogen-bond acceptors (Lipinski definition) is 4. The lowest BCUT2D eigenvalue weighted by Crippen LogP contribution is -2.28. The zero-order valence-electron chi connectivity index (χ0n) is 15.4. The monoisotopic (exact) mass is 389 g/mol. The Balaban J connectivity index is 1.88. The fourth-order valence-corrected chi connectivity index (χ4v) is 3.69. The number of carbonyl (C=O) groups excluding carboxylic acids is 1. The number of carboxylic acids is 1. The van der Waals surface area contributed by atoms with Crippen LogP contribution in [0.15, 0.2) is 42.5 Å². The summed E-state index contributed by atoms with van der Waals surface area (Å²) >= 11 is 0. The molecule has 0 bridgehead atoms. The number of aliphatic carboxylic acids is 1. The second-order valence-electron chi connectivity index (χ2n) is 6.15. The Kier molecular flexibility index (Phi) is 7.55. The normalized spacial score (nSPS) is 11.6. The summed E-state index contributed by atoms with van der Waals surface area (Å²) in [6.07, 6.45) is 0. The van der Waals surface area contributed by atoms with Gasteiger partial charge in [-0.15, -0.1) is 0 Å². The summed E-state index contributed by atoms with van der Waals surface area (Å²) in [4.78, 5) is 23.0. The van der Waals surface area contributed by atoms with E-state index in [4.69, 9.17) is 9.84 Å². The summed E-state index contributed by atoms with van der Waals surface area (Å²) in [6.45, 7) is 3.40. The van der Waals surface area contributed by atoms with Gasteiger partial charge in [0, 0.05) is 34.4 Å². The molecule has 6 nitrogen and oxygen atoms in total. The Morgan fingerprint density at radius 3 is 2.33 bits per heavy atom. The van der Waals surface area contributed by atoms with E-state index in [-0.39, 0.29) is 5.91 Å². The predicted octanol–water partition coefficient (Wildman–Crippen LogP) is 2.45. The minimum absolute atomic E-state index is 0.261. The van der Waals surface area contributed by atoms with Crippen molar-refractivity contribution >= 4 is 22.7 Å². The van der Waals surface area contributed by atoms with Crippen molar-refractivity contribution < 1.29 is 23.6 Å². The standard InChI is InChI=1S/C20H23NO5S/c1-14-10-17(11-15(2)19(14)26-12-18(22)23)20(24)21-8-9-27(25)13-16-6-4-3-5-7-16/h3-7,10-11H,8-9,12-13H2,1-2H3,(H,21,24)(H,22,23). The van der Waals surface area contributed by atoms with Crippen molar-refractivity contribution in [1.29, 1.82) is 0 Å². The number of carboxylic acid groups (broad SMARTS) is 1. The number of carbonyl (C=O) groups is 2. The molecule has 2 aromatic rings. The maximum Gasteiger partial charge on any atom is 0.341 e. The van der Waals surface area contributed by atoms with E-state index in [9.17, 15) is 13.8 Å². The molecule has 2 rings (SSSR count). The second kappa shape index (κ2) is 9.87. The van der Waals surface area contributed by atoms with Gasteiger partial charge >= 0.3 is 5.97 Å². The first kappa shape index (κ1) is 20.6. The van der Waals surface area contributed by atoms with Crippen LogP contribution >= 0.6 is 0 Å². The summed E-state index contributed by atoms with van der Waals surface area (Å²) in [5, 5.41) is 11.5. The van der Waals surface area contributed by atoms with Crippen molar-refractivity contribution in [2.75, 3.05) is 18.9 Å². The summed E-state index contributed by atoms with van der Waals surface area (Å²) in [5.41, 5.74) is 2.84. The van der Waals surface area contributed by atoms with Gasteiger partial charge in [0.15, 0.2) is 6.61 Å². The smallest absolute Gasteiger partial charge is 0.341 e. The Hall–Kier alpha value is -2.67. The molecule has 0 aliphatic heterocycles. The molecule has 27 heavy (non-hydrogen) atoms. The summed E-state index contributed by atoms with van der Waals surface area (Å²) < 4.78 is 17.4. The van der Waals surface area contributed by atoms with Crippen molar-refractivity contribution in [3.63, 3.8) is 0 Å². The van der Waals surface area contributed by atoms with Gasteiger partial charge in [0.05, 0.1) is 0 Å². The molecule has 0 spiro atoms. The van der Waals surface area contributed by atoms with Crippen molar-refractivity contribution in [2.24, 2.45) is 0 Å². The van der Waals surface area contributed by atoms with Crippen LogP contribution < -0.4 is 10.1 Å². The third kappa shape index (κ3) is 6.53. The number of aryl methyl sites for hydroxylation is 2. The van der Waals surface area contributed by atoms with Gasteiger partial charge in [0.2, 0.25) is 0 Å². The minimum atomic E-state index is -1.06. The highest BCUT2D eigenvalue weighted by Gasteiger charge is 2.13. The van der Waals surface area contributed by atoms with Gasteiger partial charge in [0.25, 0.3) is 5.91 Å². The molecular formula is C20H23NO5S. The SMILES string of the molecule is Cc1cc(C(=O)NCCS(=O)Cc2ccccc2)cc(C)c1OCC(=O)O. The molecule has 2 aromatic carbocycles. The average Bonchev–Trinajstić information content (AvgIpc) is 2.61. The molecule has 1 unspecified atom stereocenters. The third-order valence-corrected chi connectivity index (χ3v) is 5.16. The van der Waals surface area contributed by atoms with Gasteiger partial charge < -0.3 is 15.2 Å². The van der Waals surface area contributed by atoms with Gasteiger partial charge in [-0.1, -0.05) is 30.3 Å². The van der Waals surface area contributed by atoms with Crippen molar-refractivity contribution in [1.82, 2.24) is 5.32 Å². The molecule has 7 heteroatoms. The Morgan fingerprint density at radius 1 is 1.11 bits per heavy atom. The molecule has 0 aliphatic rings. The zero-order chi connectivity index (χ0) is 19.8. The van der Waals surface area contributed by atoms with E-state index in [1.165, 1.54) is 0 Å². The Labute approximate surface area is 161 Å². The second-order valence-corrected chi connectivity index (χ2v) is 7.73. The molecule has 0 saturated carbocycles. The van der Waals surface area contributed by atoms with E-state index in [0.717, 1.165) is 5.56 Å². The summed E-state index contributed by atoms with van der Waals surface area (Å²) in [6, 6.07) is 12.9. The van der Waals surface area contributed by atoms with Crippen LogP contribution in [0.3, 0.4) is 0 Å². The van der Waals surface area contributed by atoms with E-state index in [1.807, 2.05) is 30.3 Å². The van der Waals surface area contributed by atoms with Crippen LogP contribution in [0.5, 0.6) is 5.75 Å². The van der Waals surface area contributed by atoms with Crippen LogP contribution in [0, 0.1) is 13.8 Å². The zero-order valence-corrected chi connectivity index (χ0v) is 16.2. The highest BCUT2D eigenvalue weighted by Crippen LogP contribution is 2.24. The highest BCUT2D eigenvalue weighted by molar-refractivity contribution is 7.84. The first-order valence-electron chi connectivity index (χ1n) is 8.49. The van der Waals surface area contributed by atoms with Gasteiger partial charge in [-0.3, -0.25) is 9.00 Å². The van der Waals surface area contributed by atoms with Crippen LogP contribution in [0.1, 0.15) is 27.0 Å². The van der Waals surface area contributed by atoms with Crippen molar-refractivity contribution in [3.05, 3.63) is 64.7 Å². The number of ether oxygens (including phenoxy) is 1. The maximum atomic E-state index is 12.3. The molecule has 1 amide bonds. The summed E-state index contributed by atoms with van der Waals surface area (Å²) in [7, 11) is -1.05. The largest absolute Gasteiger partial charge is 0.481 e. The number of hydrogen-bond donors (Lipinski definition) is 2.